The highest BCUT2D eigenvalue weighted by molar-refractivity contribution is 6.10. The maximum atomic E-state index is 6.17. The Labute approximate surface area is 286 Å². The van der Waals surface area contributed by atoms with Gasteiger partial charge in [-0.2, -0.15) is 5.10 Å². The zero-order valence-electron chi connectivity index (χ0n) is 29.2. The number of rotatable bonds is 9. The van der Waals surface area contributed by atoms with Crippen molar-refractivity contribution in [3.8, 4) is 5.69 Å². The first-order valence-electron chi connectivity index (χ1n) is 17.2. The second kappa shape index (κ2) is 16.0. The Bertz CT molecular complexity index is 1990. The number of hydrogen-bond acceptors (Lipinski definition) is 2. The van der Waals surface area contributed by atoms with E-state index >= 15 is 0 Å². The minimum atomic E-state index is 0.335. The molecule has 0 amide bonds. The molecule has 0 spiro atoms. The first-order chi connectivity index (χ1) is 23.5. The molecule has 0 fully saturated rings. The fraction of sp³-hybridized carbons (Fsp3) is 0.205. The van der Waals surface area contributed by atoms with Gasteiger partial charge in [-0.15, -0.1) is 0 Å². The third kappa shape index (κ3) is 6.99. The fourth-order valence-electron chi connectivity index (χ4n) is 6.35. The van der Waals surface area contributed by atoms with Crippen LogP contribution >= 0.6 is 0 Å². The summed E-state index contributed by atoms with van der Waals surface area (Å²) in [5.41, 5.74) is 10.5. The van der Waals surface area contributed by atoms with Crippen molar-refractivity contribution in [3.05, 3.63) is 162 Å². The van der Waals surface area contributed by atoms with Gasteiger partial charge in [0.1, 0.15) is 0 Å². The highest BCUT2D eigenvalue weighted by atomic mass is 15.3. The van der Waals surface area contributed by atoms with E-state index in [2.05, 4.69) is 164 Å². The molecule has 244 valence electrons. The lowest BCUT2D eigenvalue weighted by atomic mass is 9.91. The molecule has 2 N–H and O–H groups in total. The van der Waals surface area contributed by atoms with Crippen molar-refractivity contribution in [2.45, 2.75) is 60.4 Å². The topological polar surface area (TPSA) is 46.5 Å². The Kier molecular flexibility index (Phi) is 11.3. The van der Waals surface area contributed by atoms with Crippen molar-refractivity contribution >= 4 is 38.9 Å². The lowest BCUT2D eigenvalue weighted by molar-refractivity contribution is 0.860. The lowest BCUT2D eigenvalue weighted by Gasteiger charge is -2.28. The molecular weight excluding hydrogens is 585 g/mol. The van der Waals surface area contributed by atoms with Crippen molar-refractivity contribution in [2.75, 3.05) is 4.90 Å². The minimum Gasteiger partial charge on any atom is -0.321 e. The number of aromatic nitrogens is 1. The number of amidine groups is 1. The molecule has 0 saturated heterocycles. The maximum Gasteiger partial charge on any atom is 0.160 e. The van der Waals surface area contributed by atoms with Crippen LogP contribution in [0.4, 0.5) is 5.69 Å². The van der Waals surface area contributed by atoms with Crippen molar-refractivity contribution in [1.82, 2.24) is 4.57 Å². The molecule has 4 heteroatoms. The summed E-state index contributed by atoms with van der Waals surface area (Å²) in [5.74, 6) is 7.23. The van der Waals surface area contributed by atoms with Crippen LogP contribution in [0.5, 0.6) is 0 Å². The van der Waals surface area contributed by atoms with Crippen molar-refractivity contribution in [1.29, 1.82) is 0 Å². The molecule has 1 aromatic heterocycles. The largest absolute Gasteiger partial charge is 0.321 e. The summed E-state index contributed by atoms with van der Waals surface area (Å²) in [6.07, 6.45) is 7.65. The maximum absolute atomic E-state index is 6.17. The molecule has 0 unspecified atom stereocenters. The lowest BCUT2D eigenvalue weighted by Crippen LogP contribution is -2.32. The van der Waals surface area contributed by atoms with E-state index in [1.165, 1.54) is 38.5 Å². The van der Waals surface area contributed by atoms with Gasteiger partial charge in [0.05, 0.1) is 11.0 Å². The van der Waals surface area contributed by atoms with Crippen LogP contribution in [0.15, 0.2) is 145 Å². The van der Waals surface area contributed by atoms with E-state index in [0.29, 0.717) is 12.5 Å². The molecule has 0 atom stereocenters. The molecule has 5 aromatic carbocycles. The second-order valence-corrected chi connectivity index (χ2v) is 11.9. The van der Waals surface area contributed by atoms with Gasteiger partial charge in [0.25, 0.3) is 0 Å². The number of nitrogens with two attached hydrogens (primary N) is 1. The van der Waals surface area contributed by atoms with Gasteiger partial charge in [0, 0.05) is 34.3 Å². The van der Waals surface area contributed by atoms with E-state index in [9.17, 15) is 0 Å². The normalized spacial score (nSPS) is 12.1. The number of benzene rings is 5. The fourth-order valence-corrected chi connectivity index (χ4v) is 6.35. The number of nitrogens with zero attached hydrogens (tertiary/aromatic N) is 3. The number of para-hydroxylation sites is 2. The van der Waals surface area contributed by atoms with Gasteiger partial charge in [-0.1, -0.05) is 138 Å². The van der Waals surface area contributed by atoms with Gasteiger partial charge in [-0.05, 0) is 77.9 Å². The van der Waals surface area contributed by atoms with Crippen molar-refractivity contribution < 1.29 is 0 Å². The van der Waals surface area contributed by atoms with E-state index in [4.69, 9.17) is 5.84 Å². The van der Waals surface area contributed by atoms with Crippen LogP contribution in [0.25, 0.3) is 33.1 Å². The summed E-state index contributed by atoms with van der Waals surface area (Å²) in [6, 6.07) is 43.1. The van der Waals surface area contributed by atoms with Crippen LogP contribution < -0.4 is 10.7 Å². The number of anilines is 1. The minimum absolute atomic E-state index is 0.335. The van der Waals surface area contributed by atoms with Gasteiger partial charge in [0.2, 0.25) is 0 Å². The molecule has 1 heterocycles. The van der Waals surface area contributed by atoms with E-state index in [1.807, 2.05) is 32.0 Å². The van der Waals surface area contributed by atoms with Crippen LogP contribution in [-0.4, -0.2) is 10.4 Å². The Morgan fingerprint density at radius 2 is 1.40 bits per heavy atom. The molecule has 0 bridgehead atoms. The Morgan fingerprint density at radius 3 is 1.96 bits per heavy atom. The molecule has 0 aliphatic heterocycles. The average Bonchev–Trinajstić information content (AvgIpc) is 3.48. The van der Waals surface area contributed by atoms with Gasteiger partial charge < -0.3 is 15.3 Å². The number of fused-ring (bicyclic) bond motifs is 3. The van der Waals surface area contributed by atoms with Gasteiger partial charge in [-0.3, -0.25) is 0 Å². The average molecular weight is 633 g/mol. The summed E-state index contributed by atoms with van der Waals surface area (Å²) in [6.45, 7) is 13.4. The molecule has 0 saturated carbocycles. The summed E-state index contributed by atoms with van der Waals surface area (Å²) in [4.78, 5) is 2.23. The van der Waals surface area contributed by atoms with Gasteiger partial charge >= 0.3 is 0 Å². The third-order valence-corrected chi connectivity index (χ3v) is 8.65. The van der Waals surface area contributed by atoms with Crippen molar-refractivity contribution in [3.63, 3.8) is 0 Å². The predicted octanol–water partition coefficient (Wildman–Crippen LogP) is 11.6. The Morgan fingerprint density at radius 1 is 0.792 bits per heavy atom. The zero-order valence-corrected chi connectivity index (χ0v) is 29.2. The summed E-state index contributed by atoms with van der Waals surface area (Å²) < 4.78 is 2.35. The molecule has 0 aliphatic carbocycles. The van der Waals surface area contributed by atoms with E-state index < -0.39 is 0 Å². The molecular formula is C44H48N4. The van der Waals surface area contributed by atoms with Crippen LogP contribution in [0.3, 0.4) is 0 Å². The van der Waals surface area contributed by atoms with E-state index in [0.717, 1.165) is 34.8 Å². The smallest absolute Gasteiger partial charge is 0.160 e. The highest BCUT2D eigenvalue weighted by Crippen LogP contribution is 2.34. The highest BCUT2D eigenvalue weighted by Gasteiger charge is 2.20. The zero-order chi connectivity index (χ0) is 34.0. The van der Waals surface area contributed by atoms with Crippen LogP contribution in [0.2, 0.25) is 0 Å². The number of hydrazone groups is 1. The SMILES string of the molecule is C/C=C(\C=C/CC)c1ccc(N(Cc2ccc(-n3c4ccccc4c4ccccc43)cc2)/C(=N\N)c2ccccc2)cc1C(C)C.CC. The quantitative estimate of drug-likeness (QED) is 0.0567. The predicted molar refractivity (Wildman–Crippen MR) is 209 cm³/mol. The number of allylic oxidation sites excluding steroid dienone is 4. The van der Waals surface area contributed by atoms with Crippen LogP contribution in [0, 0.1) is 0 Å². The third-order valence-electron chi connectivity index (χ3n) is 8.65. The number of hydrogen-bond donors (Lipinski definition) is 1. The van der Waals surface area contributed by atoms with Crippen LogP contribution in [0.1, 0.15) is 76.1 Å². The van der Waals surface area contributed by atoms with Gasteiger partial charge in [-0.25, -0.2) is 0 Å². The Balaban J connectivity index is 0.00000221. The van der Waals surface area contributed by atoms with Crippen molar-refractivity contribution in [2.24, 2.45) is 10.9 Å². The molecule has 0 aliphatic rings. The molecule has 6 rings (SSSR count). The monoisotopic (exact) mass is 632 g/mol. The van der Waals surface area contributed by atoms with Gasteiger partial charge in [0.15, 0.2) is 5.84 Å². The molecule has 48 heavy (non-hydrogen) atoms. The summed E-state index contributed by atoms with van der Waals surface area (Å²) >= 11 is 0. The molecule has 0 radical (unpaired) electrons. The van der Waals surface area contributed by atoms with E-state index in [1.54, 1.807) is 0 Å². The first-order valence-corrected chi connectivity index (χ1v) is 17.2. The van der Waals surface area contributed by atoms with E-state index in [-0.39, 0.29) is 0 Å². The Hall–Kier alpha value is -5.35. The first kappa shape index (κ1) is 34.0. The second-order valence-electron chi connectivity index (χ2n) is 11.9. The summed E-state index contributed by atoms with van der Waals surface area (Å²) in [5, 5.41) is 6.88. The standard InChI is InChI=1S/C42H42N4.C2H6/c1-5-7-15-32(6-2)36-27-26-35(28-39(36)30(3)4)45(42(44-43)33-16-9-8-10-17-33)29-31-22-24-34(25-23-31)46-40-20-13-11-18-37(40)38-19-12-14-21-41(38)46;1-2/h6-28,30H,5,29,43H2,1-4H3;1-2H3/b15-7-,32-6+,44-42-;. The summed E-state index contributed by atoms with van der Waals surface area (Å²) in [7, 11) is 0. The van der Waals surface area contributed by atoms with Crippen LogP contribution in [-0.2, 0) is 6.54 Å². The molecule has 4 nitrogen and oxygen atoms in total. The molecule has 6 aromatic rings.